The van der Waals surface area contributed by atoms with Gasteiger partial charge in [0.2, 0.25) is 0 Å². The molecule has 17 heavy (non-hydrogen) atoms. The van der Waals surface area contributed by atoms with E-state index in [-0.39, 0.29) is 11.7 Å². The van der Waals surface area contributed by atoms with E-state index in [1.807, 2.05) is 31.2 Å². The molecule has 0 fully saturated rings. The van der Waals surface area contributed by atoms with Crippen LogP contribution in [0.3, 0.4) is 0 Å². The van der Waals surface area contributed by atoms with Gasteiger partial charge in [-0.25, -0.2) is 4.79 Å². The molecular weight excluding hydrogens is 216 g/mol. The van der Waals surface area contributed by atoms with Crippen molar-refractivity contribution in [3.05, 3.63) is 46.5 Å². The van der Waals surface area contributed by atoms with Gasteiger partial charge in [-0.15, -0.1) is 0 Å². The molecule has 0 N–H and O–H groups in total. The van der Waals surface area contributed by atoms with Crippen molar-refractivity contribution < 1.29 is 9.15 Å². The maximum Gasteiger partial charge on any atom is 0.343 e. The zero-order valence-corrected chi connectivity index (χ0v) is 10.1. The second-order valence-corrected chi connectivity index (χ2v) is 4.06. The van der Waals surface area contributed by atoms with Gasteiger partial charge in [-0.1, -0.05) is 25.1 Å². The van der Waals surface area contributed by atoms with Crippen LogP contribution in [0.1, 0.15) is 19.1 Å². The summed E-state index contributed by atoms with van der Waals surface area (Å²) in [7, 11) is 1.67. The molecule has 1 aromatic carbocycles. The molecular formula is C14H16O3. The van der Waals surface area contributed by atoms with Crippen LogP contribution in [0.4, 0.5) is 0 Å². The minimum Gasteiger partial charge on any atom is -0.427 e. The van der Waals surface area contributed by atoms with E-state index in [0.29, 0.717) is 17.6 Å². The first-order valence-electron chi connectivity index (χ1n) is 5.79. The number of methoxy groups -OCH3 is 1. The second kappa shape index (κ2) is 5.15. The average molecular weight is 232 g/mol. The van der Waals surface area contributed by atoms with E-state index in [1.54, 1.807) is 13.2 Å². The molecule has 0 saturated heterocycles. The highest BCUT2D eigenvalue weighted by Crippen LogP contribution is 2.14. The van der Waals surface area contributed by atoms with E-state index in [1.165, 1.54) is 0 Å². The van der Waals surface area contributed by atoms with Crippen molar-refractivity contribution in [2.75, 3.05) is 7.11 Å². The average Bonchev–Trinajstić information content (AvgIpc) is 2.36. The lowest BCUT2D eigenvalue weighted by Crippen LogP contribution is -2.14. The third-order valence-electron chi connectivity index (χ3n) is 2.94. The Hall–Kier alpha value is -1.61. The predicted molar refractivity (Wildman–Crippen MR) is 67.3 cm³/mol. The molecule has 0 bridgehead atoms. The molecule has 2 aromatic rings. The summed E-state index contributed by atoms with van der Waals surface area (Å²) < 4.78 is 10.6. The summed E-state index contributed by atoms with van der Waals surface area (Å²) in [6.07, 6.45) is 1.62. The topological polar surface area (TPSA) is 39.4 Å². The van der Waals surface area contributed by atoms with E-state index in [2.05, 4.69) is 0 Å². The maximum absolute atomic E-state index is 11.8. The number of ether oxygens (including phenoxy) is 1. The zero-order chi connectivity index (χ0) is 12.3. The van der Waals surface area contributed by atoms with Gasteiger partial charge < -0.3 is 9.15 Å². The molecule has 0 amide bonds. The van der Waals surface area contributed by atoms with Gasteiger partial charge in [0.05, 0.1) is 11.5 Å². The van der Waals surface area contributed by atoms with Crippen molar-refractivity contribution in [2.24, 2.45) is 0 Å². The summed E-state index contributed by atoms with van der Waals surface area (Å²) in [4.78, 5) is 11.8. The Balaban J connectivity index is 2.40. The number of benzene rings is 1. The van der Waals surface area contributed by atoms with E-state index >= 15 is 0 Å². The molecule has 3 nitrogen and oxygen atoms in total. The fourth-order valence-corrected chi connectivity index (χ4v) is 1.91. The van der Waals surface area contributed by atoms with Crippen LogP contribution in [0.25, 0.3) is 10.8 Å². The van der Waals surface area contributed by atoms with Crippen molar-refractivity contribution in [1.29, 1.82) is 0 Å². The fraction of sp³-hybridized carbons (Fsp3) is 0.357. The Labute approximate surface area is 100 Å². The summed E-state index contributed by atoms with van der Waals surface area (Å²) in [5.41, 5.74) is -0.274. The van der Waals surface area contributed by atoms with Crippen molar-refractivity contribution in [3.63, 3.8) is 0 Å². The van der Waals surface area contributed by atoms with Gasteiger partial charge >= 0.3 is 5.63 Å². The summed E-state index contributed by atoms with van der Waals surface area (Å²) in [6.45, 7) is 2.05. The molecule has 0 saturated carbocycles. The first kappa shape index (κ1) is 11.9. The molecule has 1 heterocycles. The quantitative estimate of drug-likeness (QED) is 0.813. The van der Waals surface area contributed by atoms with Crippen LogP contribution in [0.5, 0.6) is 0 Å². The summed E-state index contributed by atoms with van der Waals surface area (Å²) in [5, 5.41) is 1.55. The summed E-state index contributed by atoms with van der Waals surface area (Å²) in [6, 6.07) is 9.36. The number of hydrogen-bond acceptors (Lipinski definition) is 3. The first-order valence-corrected chi connectivity index (χ1v) is 5.79. The molecule has 0 aliphatic heterocycles. The third kappa shape index (κ3) is 2.56. The predicted octanol–water partition coefficient (Wildman–Crippen LogP) is 2.76. The summed E-state index contributed by atoms with van der Waals surface area (Å²) >= 11 is 0. The van der Waals surface area contributed by atoms with Crippen LogP contribution < -0.4 is 5.63 Å². The standard InChI is InChI=1S/C14H16O3/c1-3-11(16-2)9-12-8-10-6-4-5-7-13(10)14(15)17-12/h4-8,11H,3,9H2,1-2H3/t11-/m1/s1. The molecule has 0 spiro atoms. The van der Waals surface area contributed by atoms with Gasteiger partial charge in [-0.2, -0.15) is 0 Å². The van der Waals surface area contributed by atoms with Crippen molar-refractivity contribution in [3.8, 4) is 0 Å². The number of hydrogen-bond donors (Lipinski definition) is 0. The van der Waals surface area contributed by atoms with Gasteiger partial charge in [0.1, 0.15) is 5.76 Å². The Morgan fingerprint density at radius 3 is 2.82 bits per heavy atom. The van der Waals surface area contributed by atoms with Crippen LogP contribution in [0, 0.1) is 0 Å². The molecule has 1 aromatic heterocycles. The molecule has 2 rings (SSSR count). The number of rotatable bonds is 4. The monoisotopic (exact) mass is 232 g/mol. The molecule has 0 unspecified atom stereocenters. The van der Waals surface area contributed by atoms with Gasteiger partial charge in [-0.05, 0) is 23.9 Å². The largest absolute Gasteiger partial charge is 0.427 e. The molecule has 0 aliphatic rings. The molecule has 3 heteroatoms. The molecule has 0 aliphatic carbocycles. The fourth-order valence-electron chi connectivity index (χ4n) is 1.91. The van der Waals surface area contributed by atoms with Gasteiger partial charge in [0, 0.05) is 13.5 Å². The number of fused-ring (bicyclic) bond motifs is 1. The van der Waals surface area contributed by atoms with Crippen LogP contribution >= 0.6 is 0 Å². The van der Waals surface area contributed by atoms with Gasteiger partial charge in [0.25, 0.3) is 0 Å². The van der Waals surface area contributed by atoms with E-state index < -0.39 is 0 Å². The van der Waals surface area contributed by atoms with E-state index in [0.717, 1.165) is 11.8 Å². The zero-order valence-electron chi connectivity index (χ0n) is 10.1. The van der Waals surface area contributed by atoms with Crippen LogP contribution in [-0.4, -0.2) is 13.2 Å². The van der Waals surface area contributed by atoms with Crippen LogP contribution in [0.15, 0.2) is 39.5 Å². The third-order valence-corrected chi connectivity index (χ3v) is 2.94. The highest BCUT2D eigenvalue weighted by Gasteiger charge is 2.10. The Morgan fingerprint density at radius 1 is 1.35 bits per heavy atom. The Kier molecular flexibility index (Phi) is 3.59. The normalized spacial score (nSPS) is 12.8. The van der Waals surface area contributed by atoms with E-state index in [4.69, 9.17) is 9.15 Å². The molecule has 90 valence electrons. The van der Waals surface area contributed by atoms with Crippen molar-refractivity contribution in [1.82, 2.24) is 0 Å². The van der Waals surface area contributed by atoms with Crippen LogP contribution in [0.2, 0.25) is 0 Å². The lowest BCUT2D eigenvalue weighted by Gasteiger charge is -2.11. The van der Waals surface area contributed by atoms with Crippen LogP contribution in [-0.2, 0) is 11.2 Å². The highest BCUT2D eigenvalue weighted by atomic mass is 16.5. The minimum absolute atomic E-state index is 0.0966. The van der Waals surface area contributed by atoms with E-state index in [9.17, 15) is 4.79 Å². The second-order valence-electron chi connectivity index (χ2n) is 4.06. The maximum atomic E-state index is 11.8. The Bertz CT molecular complexity index is 553. The first-order chi connectivity index (χ1) is 8.24. The van der Waals surface area contributed by atoms with Gasteiger partial charge in [0.15, 0.2) is 0 Å². The SMILES string of the molecule is CC[C@H](Cc1cc2ccccc2c(=O)o1)OC. The van der Waals surface area contributed by atoms with Crippen molar-refractivity contribution >= 4 is 10.8 Å². The molecule has 1 atom stereocenters. The van der Waals surface area contributed by atoms with Crippen molar-refractivity contribution in [2.45, 2.75) is 25.9 Å². The summed E-state index contributed by atoms with van der Waals surface area (Å²) in [5.74, 6) is 0.683. The molecule has 0 radical (unpaired) electrons. The smallest absolute Gasteiger partial charge is 0.343 e. The minimum atomic E-state index is -0.274. The lowest BCUT2D eigenvalue weighted by molar-refractivity contribution is 0.0945. The lowest BCUT2D eigenvalue weighted by atomic mass is 10.1. The highest BCUT2D eigenvalue weighted by molar-refractivity contribution is 5.81. The van der Waals surface area contributed by atoms with Gasteiger partial charge in [-0.3, -0.25) is 0 Å². The Morgan fingerprint density at radius 2 is 2.12 bits per heavy atom.